The van der Waals surface area contributed by atoms with Gasteiger partial charge in [0.05, 0.1) is 6.54 Å². The van der Waals surface area contributed by atoms with E-state index in [4.69, 9.17) is 5.73 Å². The number of halogens is 1. The predicted molar refractivity (Wildman–Crippen MR) is 109 cm³/mol. The first-order valence-corrected chi connectivity index (χ1v) is 9.68. The zero-order valence-electron chi connectivity index (χ0n) is 16.1. The summed E-state index contributed by atoms with van der Waals surface area (Å²) in [6.45, 7) is 6.82. The zero-order valence-corrected chi connectivity index (χ0v) is 16.9. The van der Waals surface area contributed by atoms with E-state index in [-0.39, 0.29) is 24.2 Å². The van der Waals surface area contributed by atoms with Crippen LogP contribution >= 0.6 is 12.4 Å². The van der Waals surface area contributed by atoms with Crippen molar-refractivity contribution in [3.63, 3.8) is 0 Å². The van der Waals surface area contributed by atoms with Crippen LogP contribution in [0, 0.1) is 0 Å². The second-order valence-corrected chi connectivity index (χ2v) is 7.40. The summed E-state index contributed by atoms with van der Waals surface area (Å²) in [5.74, 6) is 0.290. The molecule has 0 radical (unpaired) electrons. The van der Waals surface area contributed by atoms with Gasteiger partial charge in [0.25, 0.3) is 5.91 Å². The number of nitrogens with two attached hydrogens (primary N) is 1. The lowest BCUT2D eigenvalue weighted by Gasteiger charge is -2.38. The van der Waals surface area contributed by atoms with E-state index in [1.165, 1.54) is 6.42 Å². The molecule has 1 aromatic rings. The Balaban J connectivity index is 0.00000261. The van der Waals surface area contributed by atoms with E-state index in [9.17, 15) is 9.59 Å². The quantitative estimate of drug-likeness (QED) is 0.844. The molecule has 0 saturated carbocycles. The van der Waals surface area contributed by atoms with E-state index in [1.807, 2.05) is 34.1 Å². The predicted octanol–water partition coefficient (Wildman–Crippen LogP) is 1.73. The van der Waals surface area contributed by atoms with Gasteiger partial charge in [-0.3, -0.25) is 14.5 Å². The third kappa shape index (κ3) is 5.43. The number of nitrogens with zero attached hydrogens (tertiary/aromatic N) is 3. The normalized spacial score (nSPS) is 20.9. The van der Waals surface area contributed by atoms with Crippen molar-refractivity contribution < 1.29 is 9.59 Å². The lowest BCUT2D eigenvalue weighted by Crippen LogP contribution is -2.53. The Labute approximate surface area is 168 Å². The van der Waals surface area contributed by atoms with Crippen molar-refractivity contribution in [2.45, 2.75) is 38.8 Å². The van der Waals surface area contributed by atoms with Crippen molar-refractivity contribution in [1.29, 1.82) is 0 Å². The summed E-state index contributed by atoms with van der Waals surface area (Å²) in [6, 6.07) is 7.86. The van der Waals surface area contributed by atoms with E-state index >= 15 is 0 Å². The maximum Gasteiger partial charge on any atom is 0.253 e. The number of carbonyl (C=O) groups excluding carboxylic acids is 2. The Kier molecular flexibility index (Phi) is 8.07. The van der Waals surface area contributed by atoms with Gasteiger partial charge >= 0.3 is 0 Å². The fourth-order valence-electron chi connectivity index (χ4n) is 3.83. The molecule has 6 nitrogen and oxygen atoms in total. The van der Waals surface area contributed by atoms with Crippen LogP contribution in [0.2, 0.25) is 0 Å². The minimum Gasteiger partial charge on any atom is -0.339 e. The summed E-state index contributed by atoms with van der Waals surface area (Å²) in [7, 11) is 0. The molecule has 1 aromatic carbocycles. The Bertz CT molecular complexity index is 629. The molecule has 0 aromatic heterocycles. The van der Waals surface area contributed by atoms with E-state index in [2.05, 4.69) is 11.8 Å². The number of benzene rings is 1. The molecule has 0 aliphatic carbocycles. The SMILES string of the molecule is CC1CCCCN1C(=O)CN1CCN(C(=O)c2ccc(CN)cc2)CC1.Cl. The van der Waals surface area contributed by atoms with Crippen LogP contribution in [0.4, 0.5) is 0 Å². The first-order chi connectivity index (χ1) is 12.6. The third-order valence-corrected chi connectivity index (χ3v) is 5.58. The summed E-state index contributed by atoms with van der Waals surface area (Å²) < 4.78 is 0. The number of rotatable bonds is 4. The Morgan fingerprint density at radius 2 is 1.70 bits per heavy atom. The van der Waals surface area contributed by atoms with Gasteiger partial charge in [0.1, 0.15) is 0 Å². The molecule has 2 saturated heterocycles. The van der Waals surface area contributed by atoms with Gasteiger partial charge in [-0.1, -0.05) is 12.1 Å². The molecular formula is C20H31ClN4O2. The van der Waals surface area contributed by atoms with E-state index < -0.39 is 0 Å². The molecule has 2 fully saturated rings. The van der Waals surface area contributed by atoms with Crippen LogP contribution in [0.15, 0.2) is 24.3 Å². The fourth-order valence-corrected chi connectivity index (χ4v) is 3.83. The van der Waals surface area contributed by atoms with Gasteiger partial charge < -0.3 is 15.5 Å². The highest BCUT2D eigenvalue weighted by atomic mass is 35.5. The highest BCUT2D eigenvalue weighted by Gasteiger charge is 2.27. The highest BCUT2D eigenvalue weighted by Crippen LogP contribution is 2.17. The maximum atomic E-state index is 12.6. The number of hydrogen-bond acceptors (Lipinski definition) is 4. The minimum absolute atomic E-state index is 0. The third-order valence-electron chi connectivity index (χ3n) is 5.58. The topological polar surface area (TPSA) is 69.9 Å². The molecule has 2 heterocycles. The van der Waals surface area contributed by atoms with Crippen LogP contribution in [0.1, 0.15) is 42.1 Å². The van der Waals surface area contributed by atoms with Gasteiger partial charge in [-0.2, -0.15) is 0 Å². The molecule has 0 spiro atoms. The Hall–Kier alpha value is -1.63. The average Bonchev–Trinajstić information content (AvgIpc) is 2.68. The lowest BCUT2D eigenvalue weighted by atomic mass is 10.0. The molecule has 150 valence electrons. The molecule has 2 amide bonds. The monoisotopic (exact) mass is 394 g/mol. The summed E-state index contributed by atoms with van der Waals surface area (Å²) in [4.78, 5) is 31.3. The smallest absolute Gasteiger partial charge is 0.253 e. The van der Waals surface area contributed by atoms with E-state index in [1.54, 1.807) is 0 Å². The number of amides is 2. The molecule has 2 aliphatic rings. The average molecular weight is 395 g/mol. The summed E-state index contributed by atoms with van der Waals surface area (Å²) in [5.41, 5.74) is 7.33. The first-order valence-electron chi connectivity index (χ1n) is 9.68. The fraction of sp³-hybridized carbons (Fsp3) is 0.600. The molecule has 2 N–H and O–H groups in total. The first kappa shape index (κ1) is 21.7. The number of hydrogen-bond donors (Lipinski definition) is 1. The highest BCUT2D eigenvalue weighted by molar-refractivity contribution is 5.94. The molecule has 27 heavy (non-hydrogen) atoms. The van der Waals surface area contributed by atoms with Crippen LogP contribution in [0.5, 0.6) is 0 Å². The van der Waals surface area contributed by atoms with Crippen molar-refractivity contribution in [1.82, 2.24) is 14.7 Å². The number of piperidine rings is 1. The molecule has 0 bridgehead atoms. The second kappa shape index (κ2) is 10.1. The van der Waals surface area contributed by atoms with Gasteiger partial charge in [-0.25, -0.2) is 0 Å². The number of likely N-dealkylation sites (tertiary alicyclic amines) is 1. The summed E-state index contributed by atoms with van der Waals surface area (Å²) >= 11 is 0. The van der Waals surface area contributed by atoms with Gasteiger partial charge in [0.2, 0.25) is 5.91 Å². The van der Waals surface area contributed by atoms with Crippen molar-refractivity contribution in [3.8, 4) is 0 Å². The van der Waals surface area contributed by atoms with Crippen LogP contribution in [-0.4, -0.2) is 71.8 Å². The summed E-state index contributed by atoms with van der Waals surface area (Å²) in [5, 5.41) is 0. The van der Waals surface area contributed by atoms with Crippen molar-refractivity contribution in [2.75, 3.05) is 39.3 Å². The van der Waals surface area contributed by atoms with Crippen LogP contribution in [0.3, 0.4) is 0 Å². The van der Waals surface area contributed by atoms with Gasteiger partial charge in [0, 0.05) is 50.9 Å². The van der Waals surface area contributed by atoms with Crippen LogP contribution in [-0.2, 0) is 11.3 Å². The molecule has 1 atom stereocenters. The van der Waals surface area contributed by atoms with Crippen LogP contribution < -0.4 is 5.73 Å². The van der Waals surface area contributed by atoms with Crippen LogP contribution in [0.25, 0.3) is 0 Å². The van der Waals surface area contributed by atoms with Crippen molar-refractivity contribution in [3.05, 3.63) is 35.4 Å². The molecule has 2 aliphatic heterocycles. The largest absolute Gasteiger partial charge is 0.339 e. The van der Waals surface area contributed by atoms with E-state index in [0.717, 1.165) is 38.0 Å². The van der Waals surface area contributed by atoms with Crippen molar-refractivity contribution in [2.24, 2.45) is 5.73 Å². The molecule has 1 unspecified atom stereocenters. The Morgan fingerprint density at radius 3 is 2.30 bits per heavy atom. The molecule has 7 heteroatoms. The maximum absolute atomic E-state index is 12.6. The Morgan fingerprint density at radius 1 is 1.04 bits per heavy atom. The van der Waals surface area contributed by atoms with E-state index in [0.29, 0.717) is 37.8 Å². The van der Waals surface area contributed by atoms with Crippen molar-refractivity contribution >= 4 is 24.2 Å². The number of piperazine rings is 1. The molecular weight excluding hydrogens is 364 g/mol. The molecule has 3 rings (SSSR count). The second-order valence-electron chi connectivity index (χ2n) is 7.40. The standard InChI is InChI=1S/C20H30N4O2.ClH/c1-16-4-2-3-9-24(16)19(25)15-22-10-12-23(13-11-22)20(26)18-7-5-17(14-21)6-8-18;/h5-8,16H,2-4,9-15,21H2,1H3;1H. The zero-order chi connectivity index (χ0) is 18.5. The lowest BCUT2D eigenvalue weighted by molar-refractivity contribution is -0.136. The van der Waals surface area contributed by atoms with Gasteiger partial charge in [0.15, 0.2) is 0 Å². The number of carbonyl (C=O) groups is 2. The van der Waals surface area contributed by atoms with Gasteiger partial charge in [-0.15, -0.1) is 12.4 Å². The minimum atomic E-state index is 0. The van der Waals surface area contributed by atoms with Gasteiger partial charge in [-0.05, 0) is 43.9 Å². The summed E-state index contributed by atoms with van der Waals surface area (Å²) in [6.07, 6.45) is 3.44.